The maximum Gasteiger partial charge on any atom is 0.256 e. The van der Waals surface area contributed by atoms with E-state index in [0.717, 1.165) is 38.6 Å². The molecule has 4 saturated carbocycles. The summed E-state index contributed by atoms with van der Waals surface area (Å²) in [6.07, 6.45) is 17.2. The molecule has 11 atom stereocenters. The Morgan fingerprint density at radius 3 is 2.53 bits per heavy atom. The van der Waals surface area contributed by atoms with Crippen LogP contribution in [0.3, 0.4) is 0 Å². The first kappa shape index (κ1) is 32.0. The number of halogens is 1. The highest BCUT2D eigenvalue weighted by atomic mass is 19.1. The molecule has 7 aliphatic rings. The Hall–Kier alpha value is -1.55. The molecule has 9 heteroatoms. The second kappa shape index (κ2) is 13.9. The second-order valence-corrected chi connectivity index (χ2v) is 15.8. The fourth-order valence-corrected chi connectivity index (χ4v) is 10.7. The van der Waals surface area contributed by atoms with E-state index in [-0.39, 0.29) is 54.5 Å². The summed E-state index contributed by atoms with van der Waals surface area (Å²) in [5.74, 6) is 0.686. The number of Topliss-reactive ketones (excluding diaryl/α,β-unsaturated/α-hetero) is 1. The van der Waals surface area contributed by atoms with E-state index in [1.165, 1.54) is 64.2 Å². The molecule has 0 aromatic heterocycles. The molecular weight excluding hydrogens is 571 g/mol. The average Bonchev–Trinajstić information content (AvgIpc) is 3.46. The summed E-state index contributed by atoms with van der Waals surface area (Å²) in [5.41, 5.74) is 0.199. The van der Waals surface area contributed by atoms with E-state index in [1.54, 1.807) is 0 Å². The smallest absolute Gasteiger partial charge is 0.256 e. The van der Waals surface area contributed by atoms with Crippen molar-refractivity contribution in [2.45, 2.75) is 151 Å². The number of likely N-dealkylation sites (tertiary alicyclic amines) is 1. The van der Waals surface area contributed by atoms with E-state index < -0.39 is 24.2 Å². The third kappa shape index (κ3) is 6.49. The Morgan fingerprint density at radius 2 is 1.80 bits per heavy atom. The van der Waals surface area contributed by atoms with E-state index in [1.807, 2.05) is 6.20 Å². The monoisotopic (exact) mass is 628 g/mol. The molecule has 8 nitrogen and oxygen atoms in total. The minimum absolute atomic E-state index is 0.0279. The molecular formula is C36H57FN4O4. The van der Waals surface area contributed by atoms with Crippen LogP contribution in [0.1, 0.15) is 103 Å². The van der Waals surface area contributed by atoms with Gasteiger partial charge in [0.15, 0.2) is 5.78 Å². The molecule has 0 aromatic rings. The number of carbonyl (C=O) groups is 2. The zero-order valence-corrected chi connectivity index (χ0v) is 27.4. The Kier molecular flexibility index (Phi) is 9.89. The highest BCUT2D eigenvalue weighted by Gasteiger charge is 2.60. The van der Waals surface area contributed by atoms with Crippen LogP contribution in [0.15, 0.2) is 11.8 Å². The van der Waals surface area contributed by atoms with Crippen LogP contribution < -0.4 is 10.6 Å². The molecule has 6 fully saturated rings. The van der Waals surface area contributed by atoms with Gasteiger partial charge in [-0.25, -0.2) is 4.39 Å². The van der Waals surface area contributed by atoms with Gasteiger partial charge in [0.05, 0.1) is 42.5 Å². The number of aliphatic hydroxyl groups is 1. The zero-order chi connectivity index (χ0) is 31.1. The molecule has 45 heavy (non-hydrogen) atoms. The fraction of sp³-hybridized carbons (Fsp3) is 0.889. The van der Waals surface area contributed by atoms with Crippen LogP contribution in [0.2, 0.25) is 0 Å². The number of fused-ring (bicyclic) bond motifs is 3. The van der Waals surface area contributed by atoms with Gasteiger partial charge in [0.2, 0.25) is 0 Å². The molecule has 0 spiro atoms. The molecule has 3 N–H and O–H groups in total. The van der Waals surface area contributed by atoms with E-state index in [2.05, 4.69) is 27.5 Å². The SMILES string of the molecule is CN1CCCC1CCNC(=O)C1=CN2C3CC4CCCCC4CC3OC3C(NC(CO)CC4CCCCC4)C(F)CC(C1=O)C32. The number of ether oxygens (including phenoxy) is 1. The Morgan fingerprint density at radius 1 is 1.04 bits per heavy atom. The van der Waals surface area contributed by atoms with Gasteiger partial charge < -0.3 is 30.3 Å². The normalized spacial score (nSPS) is 41.1. The minimum atomic E-state index is -1.29. The van der Waals surface area contributed by atoms with E-state index >= 15 is 4.39 Å². The summed E-state index contributed by atoms with van der Waals surface area (Å²) >= 11 is 0. The Bertz CT molecular complexity index is 1100. The number of hydrogen-bond acceptors (Lipinski definition) is 7. The number of ketones is 1. The predicted molar refractivity (Wildman–Crippen MR) is 171 cm³/mol. The second-order valence-electron chi connectivity index (χ2n) is 15.8. The molecule has 1 amide bonds. The van der Waals surface area contributed by atoms with Crippen molar-refractivity contribution in [2.75, 3.05) is 26.7 Å². The molecule has 0 aromatic carbocycles. The molecule has 7 rings (SSSR count). The highest BCUT2D eigenvalue weighted by molar-refractivity contribution is 6.20. The first-order valence-corrected chi connectivity index (χ1v) is 18.6. The number of nitrogens with one attached hydrogen (secondary N) is 2. The van der Waals surface area contributed by atoms with Crippen LogP contribution in [-0.4, -0.2) is 102 Å². The van der Waals surface area contributed by atoms with Gasteiger partial charge in [-0.2, -0.15) is 0 Å². The van der Waals surface area contributed by atoms with Crippen LogP contribution in [0, 0.1) is 23.7 Å². The van der Waals surface area contributed by atoms with Crippen molar-refractivity contribution in [2.24, 2.45) is 23.7 Å². The van der Waals surface area contributed by atoms with Crippen LogP contribution >= 0.6 is 0 Å². The number of amides is 1. The summed E-state index contributed by atoms with van der Waals surface area (Å²) in [6.45, 7) is 1.60. The molecule has 252 valence electrons. The van der Waals surface area contributed by atoms with Crippen molar-refractivity contribution in [3.05, 3.63) is 11.8 Å². The van der Waals surface area contributed by atoms with Crippen LogP contribution in [0.5, 0.6) is 0 Å². The van der Waals surface area contributed by atoms with Crippen LogP contribution in [0.25, 0.3) is 0 Å². The van der Waals surface area contributed by atoms with Gasteiger partial charge in [0, 0.05) is 30.7 Å². The maximum absolute atomic E-state index is 16.4. The van der Waals surface area contributed by atoms with Gasteiger partial charge in [-0.05, 0) is 76.3 Å². The lowest BCUT2D eigenvalue weighted by Crippen LogP contribution is -2.74. The van der Waals surface area contributed by atoms with Crippen molar-refractivity contribution in [3.63, 3.8) is 0 Å². The van der Waals surface area contributed by atoms with Crippen molar-refractivity contribution < 1.29 is 23.8 Å². The zero-order valence-electron chi connectivity index (χ0n) is 27.4. The number of hydrogen-bond donors (Lipinski definition) is 3. The average molecular weight is 629 g/mol. The first-order chi connectivity index (χ1) is 21.9. The molecule has 3 heterocycles. The summed E-state index contributed by atoms with van der Waals surface area (Å²) in [5, 5.41) is 17.0. The van der Waals surface area contributed by atoms with Crippen molar-refractivity contribution >= 4 is 11.7 Å². The largest absolute Gasteiger partial charge is 0.395 e. The Balaban J connectivity index is 1.13. The number of carbonyl (C=O) groups excluding carboxylic acids is 2. The third-order valence-electron chi connectivity index (χ3n) is 13.2. The fourth-order valence-electron chi connectivity index (χ4n) is 10.7. The van der Waals surface area contributed by atoms with Crippen molar-refractivity contribution in [3.8, 4) is 0 Å². The third-order valence-corrected chi connectivity index (χ3v) is 13.2. The van der Waals surface area contributed by atoms with E-state index in [4.69, 9.17) is 4.74 Å². The number of alkyl halides is 1. The quantitative estimate of drug-likeness (QED) is 0.331. The molecule has 3 aliphatic heterocycles. The predicted octanol–water partition coefficient (Wildman–Crippen LogP) is 4.11. The van der Waals surface area contributed by atoms with E-state index in [0.29, 0.717) is 30.3 Å². The van der Waals surface area contributed by atoms with Gasteiger partial charge in [0.1, 0.15) is 6.17 Å². The maximum atomic E-state index is 16.4. The lowest BCUT2D eigenvalue weighted by molar-refractivity contribution is -0.209. The first-order valence-electron chi connectivity index (χ1n) is 18.6. The van der Waals surface area contributed by atoms with Gasteiger partial charge in [0.25, 0.3) is 5.91 Å². The number of rotatable bonds is 9. The summed E-state index contributed by atoms with van der Waals surface area (Å²) in [4.78, 5) is 32.3. The van der Waals surface area contributed by atoms with Crippen LogP contribution in [-0.2, 0) is 14.3 Å². The van der Waals surface area contributed by atoms with Crippen LogP contribution in [0.4, 0.5) is 4.39 Å². The summed E-state index contributed by atoms with van der Waals surface area (Å²) in [6, 6.07) is -0.496. The standard InChI is InChI=1S/C36H57FN4O4/c1-40-15-7-12-26(40)13-14-38-36(44)28-20-41-30-17-23-10-5-6-11-24(23)18-31(30)45-35-32(29(37)19-27(33(35)41)34(28)43)39-25(21-42)16-22-8-3-2-4-9-22/h20,22-27,29-33,35,39,42H,2-19,21H2,1H3,(H,38,44). The molecule has 0 radical (unpaired) electrons. The minimum Gasteiger partial charge on any atom is -0.395 e. The lowest BCUT2D eigenvalue weighted by atomic mass is 9.64. The van der Waals surface area contributed by atoms with Crippen molar-refractivity contribution in [1.29, 1.82) is 0 Å². The topological polar surface area (TPSA) is 94.1 Å². The molecule has 0 bridgehead atoms. The number of nitrogens with zero attached hydrogens (tertiary/aromatic N) is 2. The van der Waals surface area contributed by atoms with Gasteiger partial charge in [-0.1, -0.05) is 57.8 Å². The molecule has 2 saturated heterocycles. The summed E-state index contributed by atoms with van der Waals surface area (Å²) < 4.78 is 23.3. The molecule has 4 aliphatic carbocycles. The number of morpholine rings is 1. The van der Waals surface area contributed by atoms with Gasteiger partial charge in [-0.3, -0.25) is 9.59 Å². The van der Waals surface area contributed by atoms with Gasteiger partial charge >= 0.3 is 0 Å². The summed E-state index contributed by atoms with van der Waals surface area (Å²) in [7, 11) is 2.14. The number of aliphatic hydroxyl groups excluding tert-OH is 1. The highest BCUT2D eigenvalue weighted by Crippen LogP contribution is 2.50. The van der Waals surface area contributed by atoms with Crippen molar-refractivity contribution in [1.82, 2.24) is 20.4 Å². The lowest BCUT2D eigenvalue weighted by Gasteiger charge is -2.61. The Labute approximate surface area is 269 Å². The van der Waals surface area contributed by atoms with Gasteiger partial charge in [-0.15, -0.1) is 0 Å². The molecule has 11 unspecified atom stereocenters. The van der Waals surface area contributed by atoms with E-state index in [9.17, 15) is 14.7 Å².